The summed E-state index contributed by atoms with van der Waals surface area (Å²) < 4.78 is 6.52. The van der Waals surface area contributed by atoms with Crippen LogP contribution in [-0.4, -0.2) is 26.5 Å². The molecule has 0 fully saturated rings. The van der Waals surface area contributed by atoms with Crippen LogP contribution < -0.4 is 5.32 Å². The maximum absolute atomic E-state index is 12.1. The molecule has 0 radical (unpaired) electrons. The molecule has 2 aromatic heterocycles. The molecule has 1 N–H and O–H groups in total. The van der Waals surface area contributed by atoms with Crippen LogP contribution in [-0.2, 0) is 4.74 Å². The van der Waals surface area contributed by atoms with Gasteiger partial charge < -0.3 is 10.1 Å². The number of rotatable bonds is 3. The van der Waals surface area contributed by atoms with Crippen molar-refractivity contribution in [1.82, 2.24) is 14.8 Å². The maximum atomic E-state index is 12.1. The first kappa shape index (κ1) is 17.7. The second kappa shape index (κ2) is 7.00. The highest BCUT2D eigenvalue weighted by molar-refractivity contribution is 5.73. The molecule has 0 saturated heterocycles. The van der Waals surface area contributed by atoms with Crippen molar-refractivity contribution in [1.29, 1.82) is 0 Å². The highest BCUT2D eigenvalue weighted by atomic mass is 16.6. The van der Waals surface area contributed by atoms with Gasteiger partial charge in [-0.25, -0.2) is 9.78 Å². The van der Waals surface area contributed by atoms with Crippen molar-refractivity contribution in [3.63, 3.8) is 0 Å². The first-order chi connectivity index (χ1) is 12.3. The Balaban J connectivity index is 1.72. The SMILES string of the molecule is Cc1cccc(Nc2ccc(-c3cnn(C(=O)OC(C)(C)C)c3)cc2)n1. The van der Waals surface area contributed by atoms with Crippen molar-refractivity contribution < 1.29 is 9.53 Å². The van der Waals surface area contributed by atoms with E-state index < -0.39 is 11.7 Å². The number of pyridine rings is 1. The fourth-order valence-electron chi connectivity index (χ4n) is 2.39. The molecule has 0 spiro atoms. The smallest absolute Gasteiger partial charge is 0.435 e. The number of aryl methyl sites for hydroxylation is 1. The Bertz CT molecular complexity index is 908. The highest BCUT2D eigenvalue weighted by Crippen LogP contribution is 2.23. The first-order valence-electron chi connectivity index (χ1n) is 8.39. The number of nitrogens with one attached hydrogen (secondary N) is 1. The summed E-state index contributed by atoms with van der Waals surface area (Å²) in [4.78, 5) is 16.5. The Labute approximate surface area is 152 Å². The second-order valence-corrected chi connectivity index (χ2v) is 7.02. The van der Waals surface area contributed by atoms with E-state index in [1.807, 2.05) is 70.2 Å². The van der Waals surface area contributed by atoms with Crippen molar-refractivity contribution in [3.05, 3.63) is 60.6 Å². The lowest BCUT2D eigenvalue weighted by Crippen LogP contribution is -2.27. The minimum atomic E-state index is -0.555. The third kappa shape index (κ3) is 4.47. The predicted molar refractivity (Wildman–Crippen MR) is 102 cm³/mol. The van der Waals surface area contributed by atoms with Crippen molar-refractivity contribution >= 4 is 17.6 Å². The Morgan fingerprint density at radius 1 is 1.08 bits per heavy atom. The summed E-state index contributed by atoms with van der Waals surface area (Å²) in [5.74, 6) is 0.801. The van der Waals surface area contributed by atoms with Crippen LogP contribution in [0.1, 0.15) is 26.5 Å². The van der Waals surface area contributed by atoms with Crippen molar-refractivity contribution in [3.8, 4) is 11.1 Å². The maximum Gasteiger partial charge on any atom is 0.435 e. The van der Waals surface area contributed by atoms with Gasteiger partial charge in [0.1, 0.15) is 11.4 Å². The van der Waals surface area contributed by atoms with Gasteiger partial charge >= 0.3 is 6.09 Å². The summed E-state index contributed by atoms with van der Waals surface area (Å²) >= 11 is 0. The molecule has 6 heteroatoms. The monoisotopic (exact) mass is 350 g/mol. The minimum Gasteiger partial charge on any atom is -0.442 e. The van der Waals surface area contributed by atoms with Crippen molar-refractivity contribution in [2.24, 2.45) is 0 Å². The molecule has 6 nitrogen and oxygen atoms in total. The summed E-state index contributed by atoms with van der Waals surface area (Å²) in [5.41, 5.74) is 3.14. The minimum absolute atomic E-state index is 0.493. The Kier molecular flexibility index (Phi) is 4.75. The zero-order chi connectivity index (χ0) is 18.7. The molecule has 26 heavy (non-hydrogen) atoms. The molecule has 2 heterocycles. The van der Waals surface area contributed by atoms with Gasteiger partial charge in [-0.1, -0.05) is 18.2 Å². The third-order valence-corrected chi connectivity index (χ3v) is 3.54. The summed E-state index contributed by atoms with van der Waals surface area (Å²) in [6.07, 6.45) is 2.82. The lowest BCUT2D eigenvalue weighted by molar-refractivity contribution is 0.0514. The number of anilines is 2. The van der Waals surface area contributed by atoms with E-state index in [1.54, 1.807) is 12.4 Å². The molecule has 0 atom stereocenters. The molecule has 0 aliphatic heterocycles. The summed E-state index contributed by atoms with van der Waals surface area (Å²) in [5, 5.41) is 7.36. The van der Waals surface area contributed by atoms with Crippen LogP contribution in [0.3, 0.4) is 0 Å². The van der Waals surface area contributed by atoms with Gasteiger partial charge in [0.15, 0.2) is 0 Å². The van der Waals surface area contributed by atoms with Crippen LogP contribution in [0.2, 0.25) is 0 Å². The first-order valence-corrected chi connectivity index (χ1v) is 8.39. The Morgan fingerprint density at radius 2 is 1.81 bits per heavy atom. The summed E-state index contributed by atoms with van der Waals surface area (Å²) in [7, 11) is 0. The van der Waals surface area contributed by atoms with E-state index in [9.17, 15) is 4.79 Å². The standard InChI is InChI=1S/C20H22N4O2/c1-14-6-5-7-18(22-14)23-17-10-8-15(9-11-17)16-12-21-24(13-16)19(25)26-20(2,3)4/h5-13H,1-4H3,(H,22,23). The quantitative estimate of drug-likeness (QED) is 0.736. The lowest BCUT2D eigenvalue weighted by Gasteiger charge is -2.18. The average Bonchev–Trinajstić information content (AvgIpc) is 3.04. The number of nitrogens with zero attached hydrogens (tertiary/aromatic N) is 3. The summed E-state index contributed by atoms with van der Waals surface area (Å²) in [6.45, 7) is 7.43. The number of aromatic nitrogens is 3. The molecule has 0 aliphatic rings. The van der Waals surface area contributed by atoms with Crippen LogP contribution >= 0.6 is 0 Å². The number of hydrogen-bond donors (Lipinski definition) is 1. The normalized spacial score (nSPS) is 11.2. The van der Waals surface area contributed by atoms with E-state index in [4.69, 9.17) is 4.74 Å². The van der Waals surface area contributed by atoms with E-state index in [0.717, 1.165) is 28.3 Å². The van der Waals surface area contributed by atoms with Crippen LogP contribution in [0.25, 0.3) is 11.1 Å². The van der Waals surface area contributed by atoms with Crippen LogP contribution in [0.15, 0.2) is 54.9 Å². The largest absolute Gasteiger partial charge is 0.442 e. The van der Waals surface area contributed by atoms with Crippen LogP contribution in [0, 0.1) is 6.92 Å². The zero-order valence-corrected chi connectivity index (χ0v) is 15.4. The molecule has 0 saturated carbocycles. The topological polar surface area (TPSA) is 69.0 Å². The van der Waals surface area contributed by atoms with E-state index >= 15 is 0 Å². The Morgan fingerprint density at radius 3 is 2.46 bits per heavy atom. The third-order valence-electron chi connectivity index (χ3n) is 3.54. The predicted octanol–water partition coefficient (Wildman–Crippen LogP) is 4.78. The molecule has 3 aromatic rings. The molecular weight excluding hydrogens is 328 g/mol. The van der Waals surface area contributed by atoms with E-state index in [0.29, 0.717) is 0 Å². The molecule has 0 bridgehead atoms. The van der Waals surface area contributed by atoms with Gasteiger partial charge in [0.05, 0.1) is 6.20 Å². The number of carbonyl (C=O) groups excluding carboxylic acids is 1. The van der Waals surface area contributed by atoms with Crippen molar-refractivity contribution in [2.45, 2.75) is 33.3 Å². The van der Waals surface area contributed by atoms with Crippen LogP contribution in [0.5, 0.6) is 0 Å². The highest BCUT2D eigenvalue weighted by Gasteiger charge is 2.18. The van der Waals surface area contributed by atoms with Gasteiger partial charge in [-0.05, 0) is 57.5 Å². The van der Waals surface area contributed by atoms with E-state index in [2.05, 4.69) is 15.4 Å². The average molecular weight is 350 g/mol. The molecule has 134 valence electrons. The number of benzene rings is 1. The van der Waals surface area contributed by atoms with Gasteiger partial charge in [-0.2, -0.15) is 9.78 Å². The fourth-order valence-corrected chi connectivity index (χ4v) is 2.39. The van der Waals surface area contributed by atoms with Gasteiger partial charge in [-0.3, -0.25) is 0 Å². The molecule has 0 aliphatic carbocycles. The number of hydrogen-bond acceptors (Lipinski definition) is 5. The van der Waals surface area contributed by atoms with Gasteiger partial charge in [0.2, 0.25) is 0 Å². The molecule has 1 aromatic carbocycles. The number of ether oxygens (including phenoxy) is 1. The van der Waals surface area contributed by atoms with E-state index in [-0.39, 0.29) is 0 Å². The van der Waals surface area contributed by atoms with Crippen LogP contribution in [0.4, 0.5) is 16.3 Å². The lowest BCUT2D eigenvalue weighted by atomic mass is 10.1. The van der Waals surface area contributed by atoms with Gasteiger partial charge in [0, 0.05) is 23.1 Å². The summed E-state index contributed by atoms with van der Waals surface area (Å²) in [6, 6.07) is 13.7. The van der Waals surface area contributed by atoms with Gasteiger partial charge in [0.25, 0.3) is 0 Å². The fraction of sp³-hybridized carbons (Fsp3) is 0.250. The van der Waals surface area contributed by atoms with E-state index in [1.165, 1.54) is 4.68 Å². The molecule has 0 amide bonds. The second-order valence-electron chi connectivity index (χ2n) is 7.02. The van der Waals surface area contributed by atoms with Crippen molar-refractivity contribution in [2.75, 3.05) is 5.32 Å². The number of carbonyl (C=O) groups is 1. The molecule has 3 rings (SSSR count). The molecule has 0 unspecified atom stereocenters. The van der Waals surface area contributed by atoms with Gasteiger partial charge in [-0.15, -0.1) is 0 Å². The Hall–Kier alpha value is -3.15. The molecular formula is C20H22N4O2. The zero-order valence-electron chi connectivity index (χ0n) is 15.4.